The second-order valence-corrected chi connectivity index (χ2v) is 7.93. The molecule has 0 radical (unpaired) electrons. The molecule has 0 N–H and O–H groups in total. The van der Waals surface area contributed by atoms with Crippen molar-refractivity contribution in [3.8, 4) is 6.07 Å². The van der Waals surface area contributed by atoms with E-state index in [-0.39, 0.29) is 29.6 Å². The fourth-order valence-electron chi connectivity index (χ4n) is 1.38. The van der Waals surface area contributed by atoms with Crippen molar-refractivity contribution in [1.29, 1.82) is 10.5 Å². The normalized spacial score (nSPS) is 8.09. The third kappa shape index (κ3) is 53.7. The van der Waals surface area contributed by atoms with Crippen molar-refractivity contribution in [2.24, 2.45) is 0 Å². The minimum absolute atomic E-state index is 0. The van der Waals surface area contributed by atoms with Gasteiger partial charge in [0.2, 0.25) is 22.8 Å². The molecule has 18 heteroatoms. The minimum Gasteiger partial charge on any atom is -0.726 e. The van der Waals surface area contributed by atoms with E-state index in [0.29, 0.717) is 5.69 Å². The van der Waals surface area contributed by atoms with Gasteiger partial charge in [-0.15, -0.1) is 0 Å². The third-order valence-electron chi connectivity index (χ3n) is 2.98. The maximum absolute atomic E-state index is 10.2. The summed E-state index contributed by atoms with van der Waals surface area (Å²) in [5.41, 5.74) is 0.465. The van der Waals surface area contributed by atoms with Gasteiger partial charge in [-0.2, -0.15) is 18.4 Å². The molecule has 0 aliphatic rings. The summed E-state index contributed by atoms with van der Waals surface area (Å²) in [6.45, 7) is 16.8. The smallest absolute Gasteiger partial charge is 0.726 e. The second kappa shape index (κ2) is 45.2. The molecule has 0 aliphatic heterocycles. The van der Waals surface area contributed by atoms with Crippen LogP contribution in [0.15, 0.2) is 85.6 Å². The van der Waals surface area contributed by atoms with Crippen LogP contribution in [0.2, 0.25) is 0 Å². The molecule has 0 bridgehead atoms. The van der Waals surface area contributed by atoms with E-state index in [1.54, 1.807) is 54.4 Å². The standard InChI is InChI=1S/C6H4N2.C6H8NO.C5H5NO.C2H6O4S.3C2H6.CN.CH4O4S.Na/c7-5-6-3-1-2-4-8-6;1-8-7-5-3-2-4-6-7;7-6-4-2-1-3-5-6;1-5-7(3,4)6-2;4*1-2;1-5-6(2,3)4;/h1-4H;2-6H,1H3;1-5H;1-2H3;3*1-2H3;;1H3,(H,2,3,4);/q;+1;;;;;;-1;;+1/p-1. The van der Waals surface area contributed by atoms with Crippen LogP contribution >= 0.6 is 0 Å². The van der Waals surface area contributed by atoms with Crippen LogP contribution in [0.5, 0.6) is 0 Å². The van der Waals surface area contributed by atoms with Crippen LogP contribution in [0, 0.1) is 28.4 Å². The maximum Gasteiger partial charge on any atom is 1.00 e. The van der Waals surface area contributed by atoms with Gasteiger partial charge in [-0.1, -0.05) is 59.7 Å². The quantitative estimate of drug-likeness (QED) is 0.0890. The maximum atomic E-state index is 10.2. The molecule has 0 saturated heterocycles. The average molecular weight is 686 g/mol. The molecular weight excluding hydrogens is 641 g/mol. The molecule has 0 saturated carbocycles. The van der Waals surface area contributed by atoms with E-state index < -0.39 is 20.8 Å². The van der Waals surface area contributed by atoms with Crippen LogP contribution in [0.4, 0.5) is 0 Å². The van der Waals surface area contributed by atoms with Crippen molar-refractivity contribution in [2.45, 2.75) is 41.5 Å². The summed E-state index contributed by atoms with van der Waals surface area (Å²) < 4.78 is 60.9. The topological polar surface area (TPSA) is 220 Å². The Morgan fingerprint density at radius 2 is 1.11 bits per heavy atom. The molecule has 3 aromatic heterocycles. The van der Waals surface area contributed by atoms with Crippen LogP contribution in [0.1, 0.15) is 47.2 Å². The van der Waals surface area contributed by atoms with Gasteiger partial charge in [0, 0.05) is 35.2 Å². The first-order valence-corrected chi connectivity index (χ1v) is 15.2. The van der Waals surface area contributed by atoms with Gasteiger partial charge in [0.05, 0.1) is 21.3 Å². The summed E-state index contributed by atoms with van der Waals surface area (Å²) in [6, 6.07) is 18.1. The van der Waals surface area contributed by atoms with Crippen LogP contribution in [0.25, 0.3) is 0 Å². The number of pyridine rings is 3. The molecule has 0 atom stereocenters. The van der Waals surface area contributed by atoms with Gasteiger partial charge in [0.15, 0.2) is 12.4 Å². The number of hydrogen-bond acceptors (Lipinski definition) is 13. The Hall–Kier alpha value is -3.23. The van der Waals surface area contributed by atoms with Gasteiger partial charge in [-0.3, -0.25) is 17.4 Å². The van der Waals surface area contributed by atoms with Gasteiger partial charge in [-0.25, -0.2) is 13.4 Å². The van der Waals surface area contributed by atoms with Crippen molar-refractivity contribution in [3.05, 3.63) is 103 Å². The molecule has 3 heterocycles. The van der Waals surface area contributed by atoms with Gasteiger partial charge in [0.1, 0.15) is 18.9 Å². The Labute approximate surface area is 291 Å². The summed E-state index contributed by atoms with van der Waals surface area (Å²) >= 11 is 0. The van der Waals surface area contributed by atoms with Crippen LogP contribution in [0.3, 0.4) is 0 Å². The molecule has 15 nitrogen and oxygen atoms in total. The number of hydrogen-bond donors (Lipinski definition) is 0. The summed E-state index contributed by atoms with van der Waals surface area (Å²) in [7, 11) is -3.58. The largest absolute Gasteiger partial charge is 1.00 e. The molecule has 0 aliphatic carbocycles. The summed E-state index contributed by atoms with van der Waals surface area (Å²) in [6.07, 6.45) is 8.15. The fourth-order valence-corrected chi connectivity index (χ4v) is 1.52. The zero-order valence-electron chi connectivity index (χ0n) is 27.7. The first-order valence-electron chi connectivity index (χ1n) is 12.5. The zero-order chi connectivity index (χ0) is 35.9. The SMILES string of the molecule is CC.CC.CC.COS(=O)(=O)OC.COS(=O)(=O)[O-].CO[n+]1ccccc1.N#Cc1ccccn1.[C-]#N.[Na+].[O-][n+]1ccccc1. The number of rotatable bonds is 4. The van der Waals surface area contributed by atoms with E-state index in [4.69, 9.17) is 21.9 Å². The Morgan fingerprint density at radius 1 is 0.733 bits per heavy atom. The van der Waals surface area contributed by atoms with E-state index >= 15 is 0 Å². The second-order valence-electron chi connectivity index (χ2n) is 5.30. The number of nitrogens with zero attached hydrogens (tertiary/aromatic N) is 5. The van der Waals surface area contributed by atoms with Crippen molar-refractivity contribution < 1.29 is 77.8 Å². The van der Waals surface area contributed by atoms with Crippen molar-refractivity contribution in [2.75, 3.05) is 28.4 Å². The summed E-state index contributed by atoms with van der Waals surface area (Å²) in [5.74, 6) is 0. The van der Waals surface area contributed by atoms with E-state index in [1.165, 1.54) is 12.4 Å². The predicted octanol–water partition coefficient (Wildman–Crippen LogP) is 0.102. The average Bonchev–Trinajstić information content (AvgIpc) is 3.10. The Kier molecular flexibility index (Phi) is 57.7. The van der Waals surface area contributed by atoms with Gasteiger partial charge < -0.3 is 21.6 Å². The third-order valence-corrected chi connectivity index (χ3v) is 4.20. The van der Waals surface area contributed by atoms with E-state index in [0.717, 1.165) is 26.1 Å². The Bertz CT molecular complexity index is 1230. The molecule has 45 heavy (non-hydrogen) atoms. The van der Waals surface area contributed by atoms with Crippen LogP contribution < -0.4 is 43.9 Å². The molecular formula is C27H44N5NaO10S2. The number of nitriles is 1. The number of aromatic nitrogens is 3. The Morgan fingerprint density at radius 3 is 1.27 bits per heavy atom. The molecule has 3 aromatic rings. The first kappa shape index (κ1) is 57.4. The Balaban J connectivity index is -0.0000000757. The van der Waals surface area contributed by atoms with Gasteiger partial charge >= 0.3 is 40.0 Å². The zero-order valence-corrected chi connectivity index (χ0v) is 31.4. The molecule has 0 aromatic carbocycles. The predicted molar refractivity (Wildman–Crippen MR) is 162 cm³/mol. The molecule has 3 rings (SSSR count). The fraction of sp³-hybridized carbons (Fsp3) is 0.370. The first-order chi connectivity index (χ1) is 20.9. The van der Waals surface area contributed by atoms with Crippen molar-refractivity contribution in [3.63, 3.8) is 0 Å². The summed E-state index contributed by atoms with van der Waals surface area (Å²) in [5, 5.41) is 24.7. The van der Waals surface area contributed by atoms with Crippen LogP contribution in [-0.2, 0) is 33.3 Å². The van der Waals surface area contributed by atoms with E-state index in [9.17, 15) is 26.6 Å². The van der Waals surface area contributed by atoms with E-state index in [2.05, 4.69) is 17.5 Å². The molecule has 250 valence electrons. The summed E-state index contributed by atoms with van der Waals surface area (Å²) in [4.78, 5) is 8.57. The van der Waals surface area contributed by atoms with Crippen molar-refractivity contribution >= 4 is 20.8 Å². The van der Waals surface area contributed by atoms with Crippen molar-refractivity contribution in [1.82, 2.24) is 4.98 Å². The van der Waals surface area contributed by atoms with Gasteiger partial charge in [-0.05, 0) is 12.1 Å². The van der Waals surface area contributed by atoms with Gasteiger partial charge in [0.25, 0.3) is 0 Å². The monoisotopic (exact) mass is 685 g/mol. The molecule has 0 amide bonds. The van der Waals surface area contributed by atoms with E-state index in [1.807, 2.05) is 78.2 Å². The molecule has 0 spiro atoms. The van der Waals surface area contributed by atoms with Crippen LogP contribution in [-0.4, -0.2) is 54.8 Å². The minimum atomic E-state index is -4.41. The molecule has 0 fully saturated rings. The molecule has 0 unspecified atom stereocenters.